The first-order chi connectivity index (χ1) is 11.9. The van der Waals surface area contributed by atoms with Crippen molar-refractivity contribution in [1.29, 1.82) is 0 Å². The Hall–Kier alpha value is -2.23. The van der Waals surface area contributed by atoms with E-state index in [1.807, 2.05) is 4.72 Å². The van der Waals surface area contributed by atoms with E-state index in [9.17, 15) is 26.8 Å². The molecule has 0 radical (unpaired) electrons. The maximum absolute atomic E-state index is 13.6. The first-order valence-corrected chi connectivity index (χ1v) is 9.49. The Morgan fingerprint density at radius 3 is 2.38 bits per heavy atom. The Morgan fingerprint density at radius 1 is 1.23 bits per heavy atom. The number of halogens is 2. The summed E-state index contributed by atoms with van der Waals surface area (Å²) >= 11 is 0. The van der Waals surface area contributed by atoms with Gasteiger partial charge in [-0.1, -0.05) is 0 Å². The Bertz CT molecular complexity index is 881. The van der Waals surface area contributed by atoms with Gasteiger partial charge in [0.15, 0.2) is 0 Å². The molecule has 1 aromatic rings. The molecule has 2 N–H and O–H groups in total. The molecule has 2 fully saturated rings. The van der Waals surface area contributed by atoms with E-state index in [1.54, 1.807) is 0 Å². The summed E-state index contributed by atoms with van der Waals surface area (Å²) in [6, 6.07) is 3.40. The van der Waals surface area contributed by atoms with Crippen LogP contribution in [0.25, 0.3) is 0 Å². The number of nitrogens with zero attached hydrogens (tertiary/aromatic N) is 1. The van der Waals surface area contributed by atoms with Crippen molar-refractivity contribution in [1.82, 2.24) is 4.72 Å². The number of amides is 1. The fourth-order valence-electron chi connectivity index (χ4n) is 2.80. The van der Waals surface area contributed by atoms with E-state index in [4.69, 9.17) is 5.11 Å². The van der Waals surface area contributed by atoms with Gasteiger partial charge in [-0.2, -0.15) is 0 Å². The molecule has 2 aliphatic rings. The van der Waals surface area contributed by atoms with E-state index in [0.717, 1.165) is 18.2 Å². The number of nitrogens with one attached hydrogen (secondary N) is 1. The van der Waals surface area contributed by atoms with Crippen molar-refractivity contribution in [3.8, 4) is 0 Å². The SMILES string of the molecule is CC1(S(=O)(=O)NC(=O)c2ccc(C(=O)O)cc2N2CCC(F)(F)C2)CC1. The monoisotopic (exact) mass is 388 g/mol. The van der Waals surface area contributed by atoms with Crippen molar-refractivity contribution in [2.75, 3.05) is 18.0 Å². The summed E-state index contributed by atoms with van der Waals surface area (Å²) in [5, 5.41) is 9.12. The van der Waals surface area contributed by atoms with E-state index in [0.29, 0.717) is 12.8 Å². The van der Waals surface area contributed by atoms with Crippen LogP contribution in [0, 0.1) is 0 Å². The maximum atomic E-state index is 13.6. The van der Waals surface area contributed by atoms with Crippen molar-refractivity contribution in [3.63, 3.8) is 0 Å². The number of carbonyl (C=O) groups is 2. The summed E-state index contributed by atoms with van der Waals surface area (Å²) in [4.78, 5) is 24.9. The van der Waals surface area contributed by atoms with Crippen LogP contribution in [-0.4, -0.2) is 49.2 Å². The molecule has 0 atom stereocenters. The second-order valence-electron chi connectivity index (χ2n) is 6.95. The molecule has 1 aromatic carbocycles. The van der Waals surface area contributed by atoms with E-state index in [2.05, 4.69) is 0 Å². The topological polar surface area (TPSA) is 104 Å². The zero-order valence-electron chi connectivity index (χ0n) is 14.0. The average Bonchev–Trinajstić information content (AvgIpc) is 3.20. The number of benzene rings is 1. The highest BCUT2D eigenvalue weighted by Gasteiger charge is 2.51. The lowest BCUT2D eigenvalue weighted by molar-refractivity contribution is 0.0257. The summed E-state index contributed by atoms with van der Waals surface area (Å²) in [5.41, 5.74) is -0.347. The molecule has 0 bridgehead atoms. The van der Waals surface area contributed by atoms with Gasteiger partial charge in [0.25, 0.3) is 11.8 Å². The third kappa shape index (κ3) is 3.37. The predicted molar refractivity (Wildman–Crippen MR) is 89.2 cm³/mol. The van der Waals surface area contributed by atoms with E-state index >= 15 is 0 Å². The summed E-state index contributed by atoms with van der Waals surface area (Å²) in [6.07, 6.45) is 0.430. The number of carboxylic acid groups (broad SMARTS) is 1. The van der Waals surface area contributed by atoms with Gasteiger partial charge < -0.3 is 10.0 Å². The molecule has 1 aliphatic heterocycles. The normalized spacial score (nSPS) is 20.7. The quantitative estimate of drug-likeness (QED) is 0.798. The lowest BCUT2D eigenvalue weighted by Gasteiger charge is -2.22. The number of rotatable bonds is 5. The van der Waals surface area contributed by atoms with E-state index in [-0.39, 0.29) is 23.4 Å². The zero-order valence-corrected chi connectivity index (χ0v) is 14.8. The number of carbonyl (C=O) groups excluding carboxylic acids is 1. The van der Waals surface area contributed by atoms with Crippen molar-refractivity contribution in [2.45, 2.75) is 36.9 Å². The van der Waals surface area contributed by atoms with Gasteiger partial charge in [0.1, 0.15) is 0 Å². The third-order valence-corrected chi connectivity index (χ3v) is 6.99. The second-order valence-corrected chi connectivity index (χ2v) is 9.15. The first kappa shape index (κ1) is 18.6. The Balaban J connectivity index is 1.95. The highest BCUT2D eigenvalue weighted by atomic mass is 32.2. The standard InChI is InChI=1S/C16H18F2N2O5S/c1-15(4-5-15)26(24,25)19-13(21)11-3-2-10(14(22)23)8-12(11)20-7-6-16(17,18)9-20/h2-3,8H,4-7,9H2,1H3,(H,19,21)(H,22,23). The van der Waals surface area contributed by atoms with Crippen LogP contribution in [0.4, 0.5) is 14.5 Å². The average molecular weight is 388 g/mol. The molecular formula is C16H18F2N2O5S. The smallest absolute Gasteiger partial charge is 0.335 e. The number of aromatic carboxylic acids is 1. The molecule has 1 amide bonds. The molecule has 3 rings (SSSR count). The fraction of sp³-hybridized carbons (Fsp3) is 0.500. The van der Waals surface area contributed by atoms with Crippen LogP contribution in [-0.2, 0) is 10.0 Å². The number of hydrogen-bond donors (Lipinski definition) is 2. The van der Waals surface area contributed by atoms with Gasteiger partial charge in [0.05, 0.1) is 28.1 Å². The Kier molecular flexibility index (Phi) is 4.21. The van der Waals surface area contributed by atoms with Gasteiger partial charge in [-0.05, 0) is 38.0 Å². The molecule has 1 aliphatic carbocycles. The summed E-state index contributed by atoms with van der Waals surface area (Å²) in [5.74, 6) is -5.19. The molecule has 0 unspecified atom stereocenters. The minimum Gasteiger partial charge on any atom is -0.478 e. The van der Waals surface area contributed by atoms with Crippen LogP contribution < -0.4 is 9.62 Å². The molecule has 0 spiro atoms. The van der Waals surface area contributed by atoms with E-state index < -0.39 is 45.5 Å². The maximum Gasteiger partial charge on any atom is 0.335 e. The molecule has 7 nitrogen and oxygen atoms in total. The molecular weight excluding hydrogens is 370 g/mol. The van der Waals surface area contributed by atoms with Crippen LogP contribution in [0.15, 0.2) is 18.2 Å². The van der Waals surface area contributed by atoms with Gasteiger partial charge in [0, 0.05) is 13.0 Å². The first-order valence-electron chi connectivity index (χ1n) is 8.01. The van der Waals surface area contributed by atoms with Crippen LogP contribution >= 0.6 is 0 Å². The van der Waals surface area contributed by atoms with Crippen LogP contribution in [0.2, 0.25) is 0 Å². The summed E-state index contributed by atoms with van der Waals surface area (Å²) < 4.78 is 52.6. The van der Waals surface area contributed by atoms with Crippen molar-refractivity contribution >= 4 is 27.6 Å². The summed E-state index contributed by atoms with van der Waals surface area (Å²) in [7, 11) is -3.91. The molecule has 10 heteroatoms. The van der Waals surface area contributed by atoms with Crippen LogP contribution in [0.5, 0.6) is 0 Å². The molecule has 1 saturated heterocycles. The highest BCUT2D eigenvalue weighted by molar-refractivity contribution is 7.91. The molecule has 26 heavy (non-hydrogen) atoms. The van der Waals surface area contributed by atoms with Crippen LogP contribution in [0.1, 0.15) is 46.9 Å². The van der Waals surface area contributed by atoms with Crippen molar-refractivity contribution in [2.24, 2.45) is 0 Å². The predicted octanol–water partition coefficient (Wildman–Crippen LogP) is 1.84. The molecule has 1 saturated carbocycles. The summed E-state index contributed by atoms with van der Waals surface area (Å²) in [6.45, 7) is 0.777. The lowest BCUT2D eigenvalue weighted by Crippen LogP contribution is -2.39. The number of alkyl halides is 2. The van der Waals surface area contributed by atoms with Gasteiger partial charge in [-0.15, -0.1) is 0 Å². The minimum atomic E-state index is -3.91. The molecule has 0 aromatic heterocycles. The van der Waals surface area contributed by atoms with Gasteiger partial charge in [0.2, 0.25) is 10.0 Å². The van der Waals surface area contributed by atoms with Gasteiger partial charge in [-0.3, -0.25) is 4.79 Å². The second kappa shape index (κ2) is 5.90. The van der Waals surface area contributed by atoms with Crippen LogP contribution in [0.3, 0.4) is 0 Å². The zero-order chi connectivity index (χ0) is 19.3. The van der Waals surface area contributed by atoms with E-state index in [1.165, 1.54) is 11.8 Å². The highest BCUT2D eigenvalue weighted by Crippen LogP contribution is 2.42. The number of hydrogen-bond acceptors (Lipinski definition) is 5. The fourth-order valence-corrected chi connectivity index (χ4v) is 4.04. The Morgan fingerprint density at radius 2 is 1.88 bits per heavy atom. The molecule has 1 heterocycles. The third-order valence-electron chi connectivity index (χ3n) is 4.83. The number of carboxylic acids is 1. The lowest BCUT2D eigenvalue weighted by atomic mass is 10.1. The number of anilines is 1. The number of sulfonamides is 1. The Labute approximate surface area is 149 Å². The van der Waals surface area contributed by atoms with Gasteiger partial charge in [-0.25, -0.2) is 26.7 Å². The van der Waals surface area contributed by atoms with Crippen molar-refractivity contribution < 1.29 is 31.9 Å². The van der Waals surface area contributed by atoms with Crippen molar-refractivity contribution in [3.05, 3.63) is 29.3 Å². The molecule has 142 valence electrons. The largest absolute Gasteiger partial charge is 0.478 e. The van der Waals surface area contributed by atoms with Gasteiger partial charge >= 0.3 is 5.97 Å². The minimum absolute atomic E-state index is 0.0178.